The minimum Gasteiger partial charge on any atom is -0.479 e. The van der Waals surface area contributed by atoms with Gasteiger partial charge in [0.25, 0.3) is 0 Å². The molecule has 1 aliphatic heterocycles. The quantitative estimate of drug-likeness (QED) is 0.658. The minimum atomic E-state index is -0.667. The van der Waals surface area contributed by atoms with Crippen LogP contribution < -0.4 is 0 Å². The number of hydrogen-bond donors (Lipinski definition) is 3. The van der Waals surface area contributed by atoms with Crippen LogP contribution in [0.4, 0.5) is 0 Å². The SMILES string of the molecule is CC(C)C1=NCCO1.CCC(CO)(CO)CO. The van der Waals surface area contributed by atoms with Crippen LogP contribution in [0.25, 0.3) is 0 Å². The van der Waals surface area contributed by atoms with Gasteiger partial charge < -0.3 is 20.1 Å². The van der Waals surface area contributed by atoms with Gasteiger partial charge in [0, 0.05) is 11.3 Å². The third kappa shape index (κ3) is 5.48. The summed E-state index contributed by atoms with van der Waals surface area (Å²) in [6, 6.07) is 0. The highest BCUT2D eigenvalue weighted by Crippen LogP contribution is 2.18. The van der Waals surface area contributed by atoms with Crippen LogP contribution in [-0.4, -0.2) is 54.2 Å². The van der Waals surface area contributed by atoms with Crippen molar-refractivity contribution < 1.29 is 20.1 Å². The number of ether oxygens (including phenoxy) is 1. The maximum atomic E-state index is 8.66. The molecule has 17 heavy (non-hydrogen) atoms. The van der Waals surface area contributed by atoms with Crippen LogP contribution >= 0.6 is 0 Å². The lowest BCUT2D eigenvalue weighted by Gasteiger charge is -2.24. The van der Waals surface area contributed by atoms with Crippen molar-refractivity contribution in [3.63, 3.8) is 0 Å². The molecule has 1 heterocycles. The van der Waals surface area contributed by atoms with E-state index in [1.54, 1.807) is 0 Å². The molecule has 0 saturated heterocycles. The topological polar surface area (TPSA) is 82.3 Å². The highest BCUT2D eigenvalue weighted by Gasteiger charge is 2.24. The molecule has 0 unspecified atom stereocenters. The van der Waals surface area contributed by atoms with Gasteiger partial charge in [0.1, 0.15) is 6.61 Å². The second-order valence-electron chi connectivity index (χ2n) is 4.55. The highest BCUT2D eigenvalue weighted by atomic mass is 16.5. The minimum absolute atomic E-state index is 0.156. The zero-order chi connectivity index (χ0) is 13.3. The van der Waals surface area contributed by atoms with E-state index in [9.17, 15) is 0 Å². The van der Waals surface area contributed by atoms with Crippen molar-refractivity contribution in [1.29, 1.82) is 0 Å². The van der Waals surface area contributed by atoms with Crippen molar-refractivity contribution in [3.05, 3.63) is 0 Å². The van der Waals surface area contributed by atoms with Crippen molar-refractivity contribution >= 4 is 5.90 Å². The first kappa shape index (κ1) is 16.4. The van der Waals surface area contributed by atoms with Gasteiger partial charge in [-0.15, -0.1) is 0 Å². The maximum absolute atomic E-state index is 8.66. The van der Waals surface area contributed by atoms with Gasteiger partial charge in [0.05, 0.1) is 26.4 Å². The van der Waals surface area contributed by atoms with Gasteiger partial charge in [-0.05, 0) is 6.42 Å². The standard InChI is InChI=1S/C6H11NO.C6H14O3/c1-5(2)6-7-3-4-8-6;1-2-6(3-7,4-8)5-9/h5H,3-4H2,1-2H3;7-9H,2-5H2,1H3. The van der Waals surface area contributed by atoms with Gasteiger partial charge in [-0.2, -0.15) is 0 Å². The van der Waals surface area contributed by atoms with Gasteiger partial charge in [0.2, 0.25) is 0 Å². The summed E-state index contributed by atoms with van der Waals surface area (Å²) in [6.45, 7) is 7.17. The molecule has 0 radical (unpaired) electrons. The Hall–Kier alpha value is -0.650. The van der Waals surface area contributed by atoms with Gasteiger partial charge in [0.15, 0.2) is 5.90 Å². The Kier molecular flexibility index (Phi) is 8.12. The zero-order valence-corrected chi connectivity index (χ0v) is 11.0. The highest BCUT2D eigenvalue weighted by molar-refractivity contribution is 5.79. The van der Waals surface area contributed by atoms with Crippen LogP contribution in [0.1, 0.15) is 27.2 Å². The van der Waals surface area contributed by atoms with E-state index in [1.807, 2.05) is 6.92 Å². The second kappa shape index (κ2) is 8.44. The van der Waals surface area contributed by atoms with Gasteiger partial charge in [-0.25, -0.2) is 0 Å². The molecule has 0 aromatic heterocycles. The lowest BCUT2D eigenvalue weighted by molar-refractivity contribution is 0.00304. The summed E-state index contributed by atoms with van der Waals surface area (Å²) >= 11 is 0. The van der Waals surface area contributed by atoms with Gasteiger partial charge in [-0.1, -0.05) is 20.8 Å². The van der Waals surface area contributed by atoms with E-state index in [1.165, 1.54) is 0 Å². The van der Waals surface area contributed by atoms with E-state index < -0.39 is 5.41 Å². The van der Waals surface area contributed by atoms with Gasteiger partial charge >= 0.3 is 0 Å². The molecule has 102 valence electrons. The fourth-order valence-corrected chi connectivity index (χ4v) is 1.19. The number of aliphatic hydroxyl groups is 3. The normalized spacial score (nSPS) is 15.1. The molecule has 0 aliphatic carbocycles. The summed E-state index contributed by atoms with van der Waals surface area (Å²) < 4.78 is 5.16. The van der Waals surface area contributed by atoms with Crippen LogP contribution in [0, 0.1) is 11.3 Å². The molecule has 0 bridgehead atoms. The Labute approximate surface area is 103 Å². The summed E-state index contributed by atoms with van der Waals surface area (Å²) in [5, 5.41) is 26.0. The Morgan fingerprint density at radius 1 is 1.24 bits per heavy atom. The average molecular weight is 247 g/mol. The van der Waals surface area contributed by atoms with Gasteiger partial charge in [-0.3, -0.25) is 4.99 Å². The van der Waals surface area contributed by atoms with E-state index >= 15 is 0 Å². The first-order valence-electron chi connectivity index (χ1n) is 6.05. The largest absolute Gasteiger partial charge is 0.479 e. The number of hydrogen-bond acceptors (Lipinski definition) is 5. The summed E-state index contributed by atoms with van der Waals surface area (Å²) in [4.78, 5) is 4.13. The smallest absolute Gasteiger partial charge is 0.186 e. The first-order chi connectivity index (χ1) is 8.05. The summed E-state index contributed by atoms with van der Waals surface area (Å²) in [6.07, 6.45) is 0.594. The lowest BCUT2D eigenvalue weighted by Crippen LogP contribution is -2.32. The maximum Gasteiger partial charge on any atom is 0.186 e. The predicted molar refractivity (Wildman–Crippen MR) is 67.1 cm³/mol. The fourth-order valence-electron chi connectivity index (χ4n) is 1.19. The third-order valence-electron chi connectivity index (χ3n) is 2.86. The molecule has 3 N–H and O–H groups in total. The summed E-state index contributed by atoms with van der Waals surface area (Å²) in [7, 11) is 0. The Morgan fingerprint density at radius 3 is 1.88 bits per heavy atom. The average Bonchev–Trinajstić information content (AvgIpc) is 2.87. The van der Waals surface area contributed by atoms with E-state index in [0.717, 1.165) is 19.0 Å². The number of aliphatic imine (C=N–C) groups is 1. The van der Waals surface area contributed by atoms with E-state index in [4.69, 9.17) is 20.1 Å². The Morgan fingerprint density at radius 2 is 1.76 bits per heavy atom. The molecule has 0 aromatic rings. The molecule has 5 heteroatoms. The first-order valence-corrected chi connectivity index (χ1v) is 6.05. The van der Waals surface area contributed by atoms with Crippen molar-refractivity contribution in [2.45, 2.75) is 27.2 Å². The summed E-state index contributed by atoms with van der Waals surface area (Å²) in [5.41, 5.74) is -0.667. The molecule has 1 rings (SSSR count). The summed E-state index contributed by atoms with van der Waals surface area (Å²) in [5.74, 6) is 1.39. The molecule has 0 amide bonds. The molecule has 0 aromatic carbocycles. The molecular weight excluding hydrogens is 222 g/mol. The van der Waals surface area contributed by atoms with Crippen LogP contribution in [0.15, 0.2) is 4.99 Å². The van der Waals surface area contributed by atoms with E-state index in [-0.39, 0.29) is 19.8 Å². The van der Waals surface area contributed by atoms with Crippen LogP contribution in [0.5, 0.6) is 0 Å². The van der Waals surface area contributed by atoms with Crippen LogP contribution in [-0.2, 0) is 4.74 Å². The van der Waals surface area contributed by atoms with Crippen molar-refractivity contribution in [3.8, 4) is 0 Å². The third-order valence-corrected chi connectivity index (χ3v) is 2.86. The lowest BCUT2D eigenvalue weighted by atomic mass is 9.88. The number of nitrogens with zero attached hydrogens (tertiary/aromatic N) is 1. The molecule has 0 atom stereocenters. The van der Waals surface area contributed by atoms with Crippen molar-refractivity contribution in [1.82, 2.24) is 0 Å². The van der Waals surface area contributed by atoms with Crippen LogP contribution in [0.2, 0.25) is 0 Å². The zero-order valence-electron chi connectivity index (χ0n) is 11.0. The second-order valence-corrected chi connectivity index (χ2v) is 4.55. The van der Waals surface area contributed by atoms with Crippen LogP contribution in [0.3, 0.4) is 0 Å². The van der Waals surface area contributed by atoms with E-state index in [0.29, 0.717) is 12.3 Å². The predicted octanol–water partition coefficient (Wildman–Crippen LogP) is 0.431. The molecule has 0 spiro atoms. The number of rotatable bonds is 5. The Bertz CT molecular complexity index is 207. The van der Waals surface area contributed by atoms with Crippen molar-refractivity contribution in [2.24, 2.45) is 16.3 Å². The molecule has 1 aliphatic rings. The molecule has 0 saturated carbocycles. The molecular formula is C12H25NO4. The van der Waals surface area contributed by atoms with E-state index in [2.05, 4.69) is 18.8 Å². The molecule has 5 nitrogen and oxygen atoms in total. The number of aliphatic hydroxyl groups excluding tert-OH is 3. The monoisotopic (exact) mass is 247 g/mol. The molecule has 0 fully saturated rings. The van der Waals surface area contributed by atoms with Crippen molar-refractivity contribution in [2.75, 3.05) is 33.0 Å². The fraction of sp³-hybridized carbons (Fsp3) is 0.917. The Balaban J connectivity index is 0.000000302.